The van der Waals surface area contributed by atoms with Crippen LogP contribution < -0.4 is 0 Å². The standard InChI is InChI=1S/C49H93O8P/c1-4-6-8-10-12-14-16-18-20-22-24-25-26-28-30-32-34-36-38-40-42-44-49(51)57-47(46-56-58(52,53)54-3)45-55-48(50)43-41-39-37-35-33-31-29-27-23-21-19-17-15-13-11-9-7-5-2/h21-24,47H,4-20,25-46H2,1-3H3,(H,52,53)/b23-21-,24-22-. The Balaban J connectivity index is 3.91. The summed E-state index contributed by atoms with van der Waals surface area (Å²) in [5.41, 5.74) is 0. The van der Waals surface area contributed by atoms with Gasteiger partial charge in [0.15, 0.2) is 6.10 Å². The molecule has 0 aromatic carbocycles. The van der Waals surface area contributed by atoms with E-state index in [1.165, 1.54) is 186 Å². The number of unbranched alkanes of at least 4 members (excludes halogenated alkanes) is 31. The average molecular weight is 841 g/mol. The second kappa shape index (κ2) is 45.1. The van der Waals surface area contributed by atoms with Gasteiger partial charge in [0.1, 0.15) is 6.61 Å². The average Bonchev–Trinajstić information content (AvgIpc) is 3.21. The van der Waals surface area contributed by atoms with Gasteiger partial charge in [0.25, 0.3) is 0 Å². The van der Waals surface area contributed by atoms with E-state index in [4.69, 9.17) is 14.0 Å². The molecule has 0 rings (SSSR count). The number of esters is 2. The zero-order valence-corrected chi connectivity index (χ0v) is 39.1. The summed E-state index contributed by atoms with van der Waals surface area (Å²) in [6.45, 7) is 3.91. The maximum Gasteiger partial charge on any atom is 0.472 e. The summed E-state index contributed by atoms with van der Waals surface area (Å²) in [4.78, 5) is 34.6. The van der Waals surface area contributed by atoms with Crippen molar-refractivity contribution in [3.8, 4) is 0 Å². The number of carbonyl (C=O) groups is 2. The Labute approximate surface area is 358 Å². The zero-order chi connectivity index (χ0) is 42.5. The molecule has 0 heterocycles. The lowest BCUT2D eigenvalue weighted by atomic mass is 10.1. The number of ether oxygens (including phenoxy) is 2. The topological polar surface area (TPSA) is 108 Å². The van der Waals surface area contributed by atoms with E-state index in [1.807, 2.05) is 0 Å². The Morgan fingerprint density at radius 1 is 0.466 bits per heavy atom. The van der Waals surface area contributed by atoms with Crippen LogP contribution in [0.15, 0.2) is 24.3 Å². The molecule has 0 bridgehead atoms. The fourth-order valence-corrected chi connectivity index (χ4v) is 7.58. The first-order valence-corrected chi connectivity index (χ1v) is 26.0. The number of allylic oxidation sites excluding steroid dienone is 4. The molecule has 0 aliphatic rings. The molecule has 342 valence electrons. The van der Waals surface area contributed by atoms with E-state index >= 15 is 0 Å². The quantitative estimate of drug-likeness (QED) is 0.0279. The molecule has 0 saturated carbocycles. The van der Waals surface area contributed by atoms with Gasteiger partial charge in [0, 0.05) is 20.0 Å². The Hall–Kier alpha value is -1.47. The summed E-state index contributed by atoms with van der Waals surface area (Å²) < 4.78 is 32.1. The van der Waals surface area contributed by atoms with Crippen molar-refractivity contribution >= 4 is 19.8 Å². The van der Waals surface area contributed by atoms with Gasteiger partial charge in [-0.25, -0.2) is 4.57 Å². The zero-order valence-electron chi connectivity index (χ0n) is 38.2. The number of phosphoric ester groups is 1. The smallest absolute Gasteiger partial charge is 0.462 e. The van der Waals surface area contributed by atoms with Crippen molar-refractivity contribution in [3.05, 3.63) is 24.3 Å². The van der Waals surface area contributed by atoms with Crippen LogP contribution in [-0.2, 0) is 32.7 Å². The first-order valence-electron chi connectivity index (χ1n) is 24.5. The van der Waals surface area contributed by atoms with Crippen LogP contribution in [0, 0.1) is 0 Å². The minimum atomic E-state index is -4.26. The fraction of sp³-hybridized carbons (Fsp3) is 0.878. The summed E-state index contributed by atoms with van der Waals surface area (Å²) >= 11 is 0. The summed E-state index contributed by atoms with van der Waals surface area (Å²) in [6.07, 6.45) is 52.4. The third kappa shape index (κ3) is 44.1. The van der Waals surface area contributed by atoms with E-state index in [1.54, 1.807) is 0 Å². The van der Waals surface area contributed by atoms with Gasteiger partial charge in [0.05, 0.1) is 6.61 Å². The summed E-state index contributed by atoms with van der Waals surface area (Å²) in [5, 5.41) is 0. The van der Waals surface area contributed by atoms with Gasteiger partial charge in [-0.15, -0.1) is 0 Å². The molecule has 0 aromatic rings. The Morgan fingerprint density at radius 3 is 1.12 bits per heavy atom. The SMILES string of the molecule is CCCCCCCCC/C=C\CCCCCCCCCC(=O)OCC(COP(=O)(O)OC)OC(=O)CCCCCCCCCCC/C=C\CCCCCCCCCC. The number of hydrogen-bond acceptors (Lipinski definition) is 7. The normalized spacial score (nSPS) is 13.4. The monoisotopic (exact) mass is 841 g/mol. The van der Waals surface area contributed by atoms with Gasteiger partial charge >= 0.3 is 19.8 Å². The van der Waals surface area contributed by atoms with Crippen molar-refractivity contribution in [1.29, 1.82) is 0 Å². The van der Waals surface area contributed by atoms with Gasteiger partial charge in [-0.05, 0) is 64.2 Å². The lowest BCUT2D eigenvalue weighted by Crippen LogP contribution is -2.29. The molecule has 0 fully saturated rings. The van der Waals surface area contributed by atoms with Gasteiger partial charge in [-0.3, -0.25) is 18.6 Å². The second-order valence-corrected chi connectivity index (χ2v) is 18.2. The van der Waals surface area contributed by atoms with Crippen LogP contribution in [0.4, 0.5) is 0 Å². The molecule has 0 saturated heterocycles. The largest absolute Gasteiger partial charge is 0.472 e. The summed E-state index contributed by atoms with van der Waals surface area (Å²) in [7, 11) is -3.20. The molecule has 0 aliphatic carbocycles. The van der Waals surface area contributed by atoms with Crippen LogP contribution in [0.25, 0.3) is 0 Å². The molecule has 0 aromatic heterocycles. The van der Waals surface area contributed by atoms with Crippen LogP contribution in [0.3, 0.4) is 0 Å². The lowest BCUT2D eigenvalue weighted by molar-refractivity contribution is -0.161. The fourth-order valence-electron chi connectivity index (χ4n) is 7.12. The third-order valence-electron chi connectivity index (χ3n) is 10.9. The minimum Gasteiger partial charge on any atom is -0.462 e. The predicted molar refractivity (Wildman–Crippen MR) is 244 cm³/mol. The molecule has 9 heteroatoms. The molecule has 2 atom stereocenters. The predicted octanol–water partition coefficient (Wildman–Crippen LogP) is 15.8. The molecule has 1 N–H and O–H groups in total. The molecule has 0 spiro atoms. The van der Waals surface area contributed by atoms with Crippen LogP contribution in [0.5, 0.6) is 0 Å². The molecule has 0 amide bonds. The first kappa shape index (κ1) is 56.5. The van der Waals surface area contributed by atoms with Crippen molar-refractivity contribution in [1.82, 2.24) is 0 Å². The molecule has 0 radical (unpaired) electrons. The maximum absolute atomic E-state index is 12.6. The number of phosphoric acid groups is 1. The molecular weight excluding hydrogens is 748 g/mol. The third-order valence-corrected chi connectivity index (χ3v) is 11.9. The maximum atomic E-state index is 12.6. The molecule has 2 unspecified atom stereocenters. The van der Waals surface area contributed by atoms with Crippen molar-refractivity contribution in [2.24, 2.45) is 0 Å². The van der Waals surface area contributed by atoms with Crippen molar-refractivity contribution in [2.45, 2.75) is 258 Å². The number of hydrogen-bond donors (Lipinski definition) is 1. The molecule has 0 aliphatic heterocycles. The van der Waals surface area contributed by atoms with E-state index in [-0.39, 0.29) is 19.0 Å². The first-order chi connectivity index (χ1) is 28.3. The van der Waals surface area contributed by atoms with E-state index in [0.717, 1.165) is 39.2 Å². The Kier molecular flexibility index (Phi) is 43.9. The van der Waals surface area contributed by atoms with Crippen LogP contribution in [0.1, 0.15) is 251 Å². The summed E-state index contributed by atoms with van der Waals surface area (Å²) in [5.74, 6) is -0.800. The number of rotatable bonds is 46. The molecule has 58 heavy (non-hydrogen) atoms. The van der Waals surface area contributed by atoms with Gasteiger partial charge in [-0.1, -0.05) is 199 Å². The highest BCUT2D eigenvalue weighted by Crippen LogP contribution is 2.42. The van der Waals surface area contributed by atoms with Crippen LogP contribution >= 0.6 is 7.82 Å². The van der Waals surface area contributed by atoms with E-state index in [9.17, 15) is 19.0 Å². The van der Waals surface area contributed by atoms with E-state index in [0.29, 0.717) is 12.8 Å². The van der Waals surface area contributed by atoms with Crippen molar-refractivity contribution in [2.75, 3.05) is 20.3 Å². The Bertz CT molecular complexity index is 999. The van der Waals surface area contributed by atoms with Crippen LogP contribution in [0.2, 0.25) is 0 Å². The van der Waals surface area contributed by atoms with E-state index < -0.39 is 26.5 Å². The number of carbonyl (C=O) groups excluding carboxylic acids is 2. The van der Waals surface area contributed by atoms with Gasteiger partial charge in [0.2, 0.25) is 0 Å². The van der Waals surface area contributed by atoms with Gasteiger partial charge in [-0.2, -0.15) is 0 Å². The highest BCUT2D eigenvalue weighted by atomic mass is 31.2. The highest BCUT2D eigenvalue weighted by molar-refractivity contribution is 7.47. The van der Waals surface area contributed by atoms with Crippen LogP contribution in [-0.4, -0.2) is 43.3 Å². The van der Waals surface area contributed by atoms with Crippen molar-refractivity contribution in [3.63, 3.8) is 0 Å². The lowest BCUT2D eigenvalue weighted by Gasteiger charge is -2.19. The van der Waals surface area contributed by atoms with Gasteiger partial charge < -0.3 is 14.4 Å². The molecular formula is C49H93O8P. The Morgan fingerprint density at radius 2 is 0.776 bits per heavy atom. The summed E-state index contributed by atoms with van der Waals surface area (Å²) in [6, 6.07) is 0. The second-order valence-electron chi connectivity index (χ2n) is 16.6. The minimum absolute atomic E-state index is 0.225. The van der Waals surface area contributed by atoms with Crippen molar-refractivity contribution < 1.29 is 37.6 Å². The highest BCUT2D eigenvalue weighted by Gasteiger charge is 2.24. The molecule has 8 nitrogen and oxygen atoms in total. The van der Waals surface area contributed by atoms with E-state index in [2.05, 4.69) is 42.7 Å².